The molecule has 2 heterocycles. The molecule has 0 amide bonds. The molecular formula is C11H13FN4. The normalized spacial score (nSPS) is 12.6. The van der Waals surface area contributed by atoms with Crippen molar-refractivity contribution in [3.8, 4) is 0 Å². The Morgan fingerprint density at radius 3 is 2.75 bits per heavy atom. The maximum Gasteiger partial charge on any atom is 0.141 e. The van der Waals surface area contributed by atoms with Crippen molar-refractivity contribution >= 4 is 5.82 Å². The third kappa shape index (κ3) is 1.88. The van der Waals surface area contributed by atoms with E-state index in [1.54, 1.807) is 23.0 Å². The lowest BCUT2D eigenvalue weighted by Gasteiger charge is -2.16. The number of aromatic nitrogens is 3. The van der Waals surface area contributed by atoms with Gasteiger partial charge in [0.25, 0.3) is 0 Å². The zero-order valence-corrected chi connectivity index (χ0v) is 8.97. The largest absolute Gasteiger partial charge is 0.384 e. The summed E-state index contributed by atoms with van der Waals surface area (Å²) in [4.78, 5) is 4.06. The van der Waals surface area contributed by atoms with Gasteiger partial charge in [-0.3, -0.25) is 4.98 Å². The minimum atomic E-state index is -0.341. The number of hydrogen-bond acceptors (Lipinski definition) is 3. The van der Waals surface area contributed by atoms with Crippen LogP contribution >= 0.6 is 0 Å². The fraction of sp³-hybridized carbons (Fsp3) is 0.273. The van der Waals surface area contributed by atoms with Crippen LogP contribution < -0.4 is 5.73 Å². The van der Waals surface area contributed by atoms with Crippen LogP contribution in [0.1, 0.15) is 25.1 Å². The van der Waals surface area contributed by atoms with Crippen LogP contribution in [-0.4, -0.2) is 14.8 Å². The average Bonchev–Trinajstić information content (AvgIpc) is 2.69. The van der Waals surface area contributed by atoms with Crippen molar-refractivity contribution in [2.24, 2.45) is 0 Å². The van der Waals surface area contributed by atoms with Crippen LogP contribution in [-0.2, 0) is 0 Å². The fourth-order valence-electron chi connectivity index (χ4n) is 1.68. The average molecular weight is 220 g/mol. The minimum absolute atomic E-state index is 0.0457. The Labute approximate surface area is 92.9 Å². The molecule has 0 aliphatic rings. The summed E-state index contributed by atoms with van der Waals surface area (Å²) in [5.74, 6) is 0.241. The molecule has 4 nitrogen and oxygen atoms in total. The first-order chi connectivity index (χ1) is 7.72. The molecule has 1 atom stereocenters. The van der Waals surface area contributed by atoms with E-state index in [9.17, 15) is 4.39 Å². The topological polar surface area (TPSA) is 56.7 Å². The highest BCUT2D eigenvalue weighted by Gasteiger charge is 2.15. The Bertz CT molecular complexity index is 463. The van der Waals surface area contributed by atoms with Crippen LogP contribution in [0, 0.1) is 5.82 Å². The van der Waals surface area contributed by atoms with Crippen molar-refractivity contribution in [2.75, 3.05) is 5.73 Å². The van der Waals surface area contributed by atoms with Crippen LogP contribution in [0.4, 0.5) is 10.2 Å². The first-order valence-corrected chi connectivity index (χ1v) is 5.12. The van der Waals surface area contributed by atoms with E-state index in [1.807, 2.05) is 6.92 Å². The van der Waals surface area contributed by atoms with Gasteiger partial charge in [-0.2, -0.15) is 5.10 Å². The Kier molecular flexibility index (Phi) is 2.85. The van der Waals surface area contributed by atoms with Crippen LogP contribution in [0.2, 0.25) is 0 Å². The van der Waals surface area contributed by atoms with Crippen molar-refractivity contribution in [1.82, 2.24) is 14.8 Å². The molecule has 2 aromatic heterocycles. The van der Waals surface area contributed by atoms with E-state index in [-0.39, 0.29) is 11.9 Å². The van der Waals surface area contributed by atoms with Gasteiger partial charge in [0.05, 0.1) is 24.1 Å². The van der Waals surface area contributed by atoms with Crippen LogP contribution in [0.25, 0.3) is 0 Å². The number of halogens is 1. The van der Waals surface area contributed by atoms with Gasteiger partial charge in [0, 0.05) is 0 Å². The van der Waals surface area contributed by atoms with Gasteiger partial charge in [-0.25, -0.2) is 9.07 Å². The maximum atomic E-state index is 12.8. The fourth-order valence-corrected chi connectivity index (χ4v) is 1.68. The Balaban J connectivity index is 2.37. The van der Waals surface area contributed by atoms with E-state index >= 15 is 0 Å². The van der Waals surface area contributed by atoms with E-state index in [0.717, 1.165) is 12.1 Å². The lowest BCUT2D eigenvalue weighted by molar-refractivity contribution is 0.501. The van der Waals surface area contributed by atoms with E-state index < -0.39 is 0 Å². The van der Waals surface area contributed by atoms with Crippen molar-refractivity contribution in [2.45, 2.75) is 19.4 Å². The molecule has 16 heavy (non-hydrogen) atoms. The number of nitrogen functional groups attached to an aromatic ring is 1. The first kappa shape index (κ1) is 10.6. The Morgan fingerprint density at radius 2 is 2.25 bits per heavy atom. The predicted octanol–water partition coefficient (Wildman–Crippen LogP) is 2.00. The summed E-state index contributed by atoms with van der Waals surface area (Å²) < 4.78 is 14.5. The van der Waals surface area contributed by atoms with Crippen LogP contribution in [0.15, 0.2) is 30.6 Å². The summed E-state index contributed by atoms with van der Waals surface area (Å²) in [6.07, 6.45) is 3.64. The Hall–Kier alpha value is -1.91. The number of nitrogens with two attached hydrogens (primary N) is 1. The molecule has 0 aliphatic heterocycles. The number of hydrogen-bond donors (Lipinski definition) is 1. The molecule has 0 saturated carbocycles. The molecular weight excluding hydrogens is 207 g/mol. The summed E-state index contributed by atoms with van der Waals surface area (Å²) in [7, 11) is 0. The van der Waals surface area contributed by atoms with E-state index in [4.69, 9.17) is 5.73 Å². The van der Waals surface area contributed by atoms with Gasteiger partial charge in [0.1, 0.15) is 11.6 Å². The standard InChI is InChI=1S/C11H13FN4/c1-2-10(16-11(13)5-6-15-16)9-4-3-8(12)7-14-9/h3-7,10H,2,13H2,1H3. The number of anilines is 1. The Morgan fingerprint density at radius 1 is 1.44 bits per heavy atom. The molecule has 2 aromatic rings. The van der Waals surface area contributed by atoms with Gasteiger partial charge in [0.15, 0.2) is 0 Å². The van der Waals surface area contributed by atoms with Gasteiger partial charge in [-0.15, -0.1) is 0 Å². The van der Waals surface area contributed by atoms with Gasteiger partial charge >= 0.3 is 0 Å². The molecule has 0 saturated heterocycles. The molecule has 5 heteroatoms. The van der Waals surface area contributed by atoms with Crippen molar-refractivity contribution in [1.29, 1.82) is 0 Å². The van der Waals surface area contributed by atoms with E-state index in [1.165, 1.54) is 12.3 Å². The lowest BCUT2D eigenvalue weighted by Crippen LogP contribution is -2.15. The molecule has 0 spiro atoms. The zero-order chi connectivity index (χ0) is 11.5. The van der Waals surface area contributed by atoms with E-state index in [0.29, 0.717) is 5.82 Å². The minimum Gasteiger partial charge on any atom is -0.384 e. The molecule has 1 unspecified atom stereocenters. The molecule has 2 rings (SSSR count). The number of nitrogens with zero attached hydrogens (tertiary/aromatic N) is 3. The van der Waals surface area contributed by atoms with Crippen LogP contribution in [0.5, 0.6) is 0 Å². The summed E-state index contributed by atoms with van der Waals surface area (Å²) in [5.41, 5.74) is 6.55. The molecule has 0 fully saturated rings. The third-order valence-corrected chi connectivity index (χ3v) is 2.47. The van der Waals surface area contributed by atoms with Gasteiger partial charge in [-0.05, 0) is 24.6 Å². The van der Waals surface area contributed by atoms with E-state index in [2.05, 4.69) is 10.1 Å². The predicted molar refractivity (Wildman–Crippen MR) is 59.3 cm³/mol. The van der Waals surface area contributed by atoms with Crippen molar-refractivity contribution < 1.29 is 4.39 Å². The van der Waals surface area contributed by atoms with Crippen molar-refractivity contribution in [3.63, 3.8) is 0 Å². The summed E-state index contributed by atoms with van der Waals surface area (Å²) in [5, 5.41) is 4.14. The quantitative estimate of drug-likeness (QED) is 0.860. The summed E-state index contributed by atoms with van der Waals surface area (Å²) in [6, 6.07) is 4.73. The molecule has 0 radical (unpaired) electrons. The zero-order valence-electron chi connectivity index (χ0n) is 8.97. The van der Waals surface area contributed by atoms with Gasteiger partial charge < -0.3 is 5.73 Å². The number of pyridine rings is 1. The van der Waals surface area contributed by atoms with Crippen LogP contribution in [0.3, 0.4) is 0 Å². The molecule has 2 N–H and O–H groups in total. The lowest BCUT2D eigenvalue weighted by atomic mass is 10.1. The second-order valence-corrected chi connectivity index (χ2v) is 3.53. The molecule has 0 aliphatic carbocycles. The second-order valence-electron chi connectivity index (χ2n) is 3.53. The monoisotopic (exact) mass is 220 g/mol. The third-order valence-electron chi connectivity index (χ3n) is 2.47. The summed E-state index contributed by atoms with van der Waals surface area (Å²) in [6.45, 7) is 2.01. The highest BCUT2D eigenvalue weighted by atomic mass is 19.1. The number of rotatable bonds is 3. The second kappa shape index (κ2) is 4.30. The molecule has 0 bridgehead atoms. The molecule has 84 valence electrons. The van der Waals surface area contributed by atoms with Crippen molar-refractivity contribution in [3.05, 3.63) is 42.1 Å². The highest BCUT2D eigenvalue weighted by molar-refractivity contribution is 5.28. The molecule has 0 aromatic carbocycles. The smallest absolute Gasteiger partial charge is 0.141 e. The SMILES string of the molecule is CCC(c1ccc(F)cn1)n1nccc1N. The first-order valence-electron chi connectivity index (χ1n) is 5.12. The maximum absolute atomic E-state index is 12.8. The summed E-state index contributed by atoms with van der Waals surface area (Å²) >= 11 is 0. The highest BCUT2D eigenvalue weighted by Crippen LogP contribution is 2.21. The van der Waals surface area contributed by atoms with Gasteiger partial charge in [0.2, 0.25) is 0 Å². The van der Waals surface area contributed by atoms with Gasteiger partial charge in [-0.1, -0.05) is 6.92 Å².